The van der Waals surface area contributed by atoms with Gasteiger partial charge in [0, 0.05) is 11.9 Å². The van der Waals surface area contributed by atoms with E-state index in [1.807, 2.05) is 42.5 Å². The lowest BCUT2D eigenvalue weighted by Crippen LogP contribution is -2.12. The zero-order valence-corrected chi connectivity index (χ0v) is 16.3. The number of rotatable bonds is 8. The molecule has 1 amide bonds. The number of hydrogen-bond acceptors (Lipinski definition) is 8. The quantitative estimate of drug-likeness (QED) is 0.442. The molecule has 0 spiro atoms. The maximum absolute atomic E-state index is 11.4. The van der Waals surface area contributed by atoms with Gasteiger partial charge in [0.25, 0.3) is 0 Å². The fourth-order valence-corrected chi connectivity index (χ4v) is 3.73. The minimum absolute atomic E-state index is 0.313. The molecular formula is C18H18N4O3S2. The van der Waals surface area contributed by atoms with Gasteiger partial charge in [-0.25, -0.2) is 4.79 Å². The smallest absolute Gasteiger partial charge is 0.413 e. The van der Waals surface area contributed by atoms with Crippen LogP contribution in [0, 0.1) is 0 Å². The molecule has 0 aliphatic rings. The highest BCUT2D eigenvalue weighted by Crippen LogP contribution is 2.28. The van der Waals surface area contributed by atoms with Crippen LogP contribution >= 0.6 is 23.1 Å². The lowest BCUT2D eigenvalue weighted by Gasteiger charge is -2.06. The van der Waals surface area contributed by atoms with Crippen LogP contribution in [0.4, 0.5) is 9.93 Å². The molecule has 2 aromatic heterocycles. The summed E-state index contributed by atoms with van der Waals surface area (Å²) in [6, 6.07) is 13.6. The Balaban J connectivity index is 1.46. The standard InChI is InChI=1S/C18H18N4O3S2/c1-2-24-17(23)20-16-21-22-18(27-16)26-12-13-6-8-15(9-7-13)25-11-14-5-3-4-10-19-14/h3-10H,2,11-12H2,1H3,(H,20,21,23). The minimum atomic E-state index is -0.522. The van der Waals surface area contributed by atoms with E-state index in [1.54, 1.807) is 24.9 Å². The fraction of sp³-hybridized carbons (Fsp3) is 0.222. The van der Waals surface area contributed by atoms with E-state index in [4.69, 9.17) is 9.47 Å². The van der Waals surface area contributed by atoms with Crippen LogP contribution in [-0.4, -0.2) is 27.9 Å². The largest absolute Gasteiger partial charge is 0.487 e. The second-order valence-corrected chi connectivity index (χ2v) is 7.46. The van der Waals surface area contributed by atoms with E-state index in [-0.39, 0.29) is 0 Å². The number of amides is 1. The summed E-state index contributed by atoms with van der Waals surface area (Å²) in [6.07, 6.45) is 1.23. The SMILES string of the molecule is CCOC(=O)Nc1nnc(SCc2ccc(OCc3ccccn3)cc2)s1. The summed E-state index contributed by atoms with van der Waals surface area (Å²) in [6.45, 7) is 2.50. The number of hydrogen-bond donors (Lipinski definition) is 1. The van der Waals surface area contributed by atoms with E-state index < -0.39 is 6.09 Å². The first-order chi connectivity index (χ1) is 13.2. The predicted molar refractivity (Wildman–Crippen MR) is 105 cm³/mol. The Morgan fingerprint density at radius 2 is 2.04 bits per heavy atom. The van der Waals surface area contributed by atoms with E-state index >= 15 is 0 Å². The zero-order chi connectivity index (χ0) is 18.9. The van der Waals surface area contributed by atoms with Gasteiger partial charge in [-0.15, -0.1) is 10.2 Å². The molecule has 7 nitrogen and oxygen atoms in total. The lowest BCUT2D eigenvalue weighted by molar-refractivity contribution is 0.168. The monoisotopic (exact) mass is 402 g/mol. The summed E-state index contributed by atoms with van der Waals surface area (Å²) in [7, 11) is 0. The number of nitrogens with one attached hydrogen (secondary N) is 1. The van der Waals surface area contributed by atoms with Crippen LogP contribution in [0.25, 0.3) is 0 Å². The molecule has 0 radical (unpaired) electrons. The van der Waals surface area contributed by atoms with Crippen molar-refractivity contribution in [3.05, 3.63) is 59.9 Å². The van der Waals surface area contributed by atoms with Gasteiger partial charge in [0.1, 0.15) is 12.4 Å². The first-order valence-electron chi connectivity index (χ1n) is 8.24. The van der Waals surface area contributed by atoms with Crippen LogP contribution in [0.1, 0.15) is 18.2 Å². The number of pyridine rings is 1. The average Bonchev–Trinajstić information content (AvgIpc) is 3.14. The molecule has 0 fully saturated rings. The van der Waals surface area contributed by atoms with E-state index in [0.717, 1.165) is 27.1 Å². The number of benzene rings is 1. The maximum atomic E-state index is 11.4. The molecular weight excluding hydrogens is 384 g/mol. The molecule has 2 heterocycles. The Kier molecular flexibility index (Phi) is 7.00. The first-order valence-corrected chi connectivity index (χ1v) is 10.0. The number of aromatic nitrogens is 3. The second kappa shape index (κ2) is 9.89. The van der Waals surface area contributed by atoms with E-state index in [2.05, 4.69) is 20.5 Å². The van der Waals surface area contributed by atoms with Crippen molar-refractivity contribution in [3.63, 3.8) is 0 Å². The molecule has 1 N–H and O–H groups in total. The van der Waals surface area contributed by atoms with Crippen molar-refractivity contribution in [1.29, 1.82) is 0 Å². The van der Waals surface area contributed by atoms with Crippen molar-refractivity contribution in [3.8, 4) is 5.75 Å². The third-order valence-electron chi connectivity index (χ3n) is 3.29. The second-order valence-electron chi connectivity index (χ2n) is 5.26. The molecule has 0 bridgehead atoms. The van der Waals surface area contributed by atoms with Gasteiger partial charge in [0.05, 0.1) is 12.3 Å². The van der Waals surface area contributed by atoms with Crippen LogP contribution in [0.15, 0.2) is 53.0 Å². The van der Waals surface area contributed by atoms with Gasteiger partial charge >= 0.3 is 6.09 Å². The molecule has 0 aliphatic heterocycles. The molecule has 3 rings (SSSR count). The van der Waals surface area contributed by atoms with E-state index in [0.29, 0.717) is 18.3 Å². The van der Waals surface area contributed by atoms with E-state index in [9.17, 15) is 4.79 Å². The van der Waals surface area contributed by atoms with Gasteiger partial charge in [0.2, 0.25) is 5.13 Å². The van der Waals surface area contributed by atoms with E-state index in [1.165, 1.54) is 11.3 Å². The lowest BCUT2D eigenvalue weighted by atomic mass is 10.2. The average molecular weight is 403 g/mol. The van der Waals surface area contributed by atoms with Gasteiger partial charge in [-0.3, -0.25) is 10.3 Å². The van der Waals surface area contributed by atoms with Crippen molar-refractivity contribution in [2.24, 2.45) is 0 Å². The molecule has 0 aliphatic carbocycles. The third-order valence-corrected chi connectivity index (χ3v) is 5.33. The maximum Gasteiger partial charge on any atom is 0.413 e. The van der Waals surface area contributed by atoms with Gasteiger partial charge in [0.15, 0.2) is 4.34 Å². The summed E-state index contributed by atoms with van der Waals surface area (Å²) in [5.74, 6) is 1.54. The van der Waals surface area contributed by atoms with Crippen molar-refractivity contribution < 1.29 is 14.3 Å². The highest BCUT2D eigenvalue weighted by molar-refractivity contribution is 8.00. The summed E-state index contributed by atoms with van der Waals surface area (Å²) in [5.41, 5.74) is 2.03. The van der Waals surface area contributed by atoms with Crippen LogP contribution in [0.3, 0.4) is 0 Å². The molecule has 3 aromatic rings. The zero-order valence-electron chi connectivity index (χ0n) is 14.6. The molecule has 27 heavy (non-hydrogen) atoms. The van der Waals surface area contributed by atoms with Crippen molar-refractivity contribution in [1.82, 2.24) is 15.2 Å². The number of carbonyl (C=O) groups excluding carboxylic acids is 1. The van der Waals surface area contributed by atoms with Crippen LogP contribution < -0.4 is 10.1 Å². The Hall–Kier alpha value is -2.65. The number of thioether (sulfide) groups is 1. The Morgan fingerprint density at radius 3 is 2.78 bits per heavy atom. The summed E-state index contributed by atoms with van der Waals surface area (Å²) in [4.78, 5) is 15.6. The summed E-state index contributed by atoms with van der Waals surface area (Å²) >= 11 is 2.87. The predicted octanol–water partition coefficient (Wildman–Crippen LogP) is 4.37. The molecule has 0 atom stereocenters. The van der Waals surface area contributed by atoms with Gasteiger partial charge in [-0.05, 0) is 36.8 Å². The summed E-state index contributed by atoms with van der Waals surface area (Å²) in [5, 5.41) is 11.0. The normalized spacial score (nSPS) is 10.4. The minimum Gasteiger partial charge on any atom is -0.487 e. The highest BCUT2D eigenvalue weighted by atomic mass is 32.2. The van der Waals surface area contributed by atoms with Crippen LogP contribution in [-0.2, 0) is 17.1 Å². The van der Waals surface area contributed by atoms with Crippen LogP contribution in [0.2, 0.25) is 0 Å². The first kappa shape index (κ1) is 19.1. The van der Waals surface area contributed by atoms with Crippen molar-refractivity contribution >= 4 is 34.3 Å². The number of ether oxygens (including phenoxy) is 2. The van der Waals surface area contributed by atoms with Gasteiger partial charge in [-0.1, -0.05) is 41.3 Å². The highest BCUT2D eigenvalue weighted by Gasteiger charge is 2.09. The number of anilines is 1. The van der Waals surface area contributed by atoms with Crippen molar-refractivity contribution in [2.75, 3.05) is 11.9 Å². The third kappa shape index (κ3) is 6.22. The Labute approximate surface area is 165 Å². The number of carbonyl (C=O) groups is 1. The van der Waals surface area contributed by atoms with Crippen LogP contribution in [0.5, 0.6) is 5.75 Å². The molecule has 0 saturated heterocycles. The molecule has 0 saturated carbocycles. The topological polar surface area (TPSA) is 86.2 Å². The molecule has 140 valence electrons. The van der Waals surface area contributed by atoms with Gasteiger partial charge in [-0.2, -0.15) is 0 Å². The molecule has 1 aromatic carbocycles. The number of nitrogens with zero attached hydrogens (tertiary/aromatic N) is 3. The molecule has 9 heteroatoms. The Morgan fingerprint density at radius 1 is 1.19 bits per heavy atom. The van der Waals surface area contributed by atoms with Crippen molar-refractivity contribution in [2.45, 2.75) is 23.6 Å². The summed E-state index contributed by atoms with van der Waals surface area (Å²) < 4.78 is 11.3. The Bertz CT molecular complexity index is 857. The fourth-order valence-electron chi connectivity index (χ4n) is 2.04. The molecule has 0 unspecified atom stereocenters. The van der Waals surface area contributed by atoms with Gasteiger partial charge < -0.3 is 9.47 Å².